The van der Waals surface area contributed by atoms with Crippen LogP contribution < -0.4 is 10.1 Å². The van der Waals surface area contributed by atoms with Crippen LogP contribution >= 0.6 is 0 Å². The highest BCUT2D eigenvalue weighted by atomic mass is 16.5. The van der Waals surface area contributed by atoms with Crippen LogP contribution in [-0.4, -0.2) is 29.1 Å². The number of hydrogen-bond donors (Lipinski definition) is 2. The number of rotatable bonds is 5. The fourth-order valence-corrected chi connectivity index (χ4v) is 1.51. The number of carbonyl (C=O) groups is 2. The molecule has 0 unspecified atom stereocenters. The van der Waals surface area contributed by atoms with E-state index in [0.29, 0.717) is 5.88 Å². The van der Waals surface area contributed by atoms with Gasteiger partial charge in [0.25, 0.3) is 5.91 Å². The van der Waals surface area contributed by atoms with E-state index in [0.717, 1.165) is 11.8 Å². The van der Waals surface area contributed by atoms with Crippen molar-refractivity contribution in [3.8, 4) is 5.88 Å². The van der Waals surface area contributed by atoms with Gasteiger partial charge in [-0.3, -0.25) is 4.79 Å². The predicted molar refractivity (Wildman–Crippen MR) is 67.6 cm³/mol. The molecule has 2 N–H and O–H groups in total. The molecule has 7 nitrogen and oxygen atoms in total. The Bertz CT molecular complexity index is 635. The number of aromatic carboxylic acids is 1. The van der Waals surface area contributed by atoms with Gasteiger partial charge in [0.2, 0.25) is 5.88 Å². The molecule has 0 radical (unpaired) electrons. The number of amides is 1. The van der Waals surface area contributed by atoms with Crippen LogP contribution in [0.25, 0.3) is 0 Å². The van der Waals surface area contributed by atoms with Gasteiger partial charge >= 0.3 is 5.97 Å². The molecule has 0 atom stereocenters. The van der Waals surface area contributed by atoms with Crippen molar-refractivity contribution < 1.29 is 23.8 Å². The molecule has 0 aliphatic rings. The minimum Gasteiger partial charge on any atom is -0.481 e. The van der Waals surface area contributed by atoms with Gasteiger partial charge in [-0.05, 0) is 11.6 Å². The summed E-state index contributed by atoms with van der Waals surface area (Å²) >= 11 is 0. The van der Waals surface area contributed by atoms with Gasteiger partial charge in [0, 0.05) is 24.9 Å². The highest BCUT2D eigenvalue weighted by Gasteiger charge is 2.14. The minimum atomic E-state index is -1.15. The molecule has 104 valence electrons. The molecule has 0 fully saturated rings. The minimum absolute atomic E-state index is 0.0524. The predicted octanol–water partition coefficient (Wildman–Crippen LogP) is 1.31. The van der Waals surface area contributed by atoms with Gasteiger partial charge in [0.15, 0.2) is 5.76 Å². The Morgan fingerprint density at radius 1 is 1.45 bits per heavy atom. The Hall–Kier alpha value is -2.83. The van der Waals surface area contributed by atoms with Gasteiger partial charge < -0.3 is 19.6 Å². The number of methoxy groups -OCH3 is 1. The standard InChI is InChI=1S/C13H12N2O5/c1-19-11-4-8(2-3-14-11)6-15-12(16)10-5-9(7-20-10)13(17)18/h2-5,7H,6H2,1H3,(H,15,16)(H,17,18). The number of carbonyl (C=O) groups excluding carboxylic acids is 1. The van der Waals surface area contributed by atoms with E-state index < -0.39 is 11.9 Å². The van der Waals surface area contributed by atoms with E-state index in [2.05, 4.69) is 10.3 Å². The van der Waals surface area contributed by atoms with Gasteiger partial charge in [-0.25, -0.2) is 9.78 Å². The lowest BCUT2D eigenvalue weighted by Crippen LogP contribution is -2.22. The van der Waals surface area contributed by atoms with Gasteiger partial charge in [0.1, 0.15) is 6.26 Å². The van der Waals surface area contributed by atoms with Crippen molar-refractivity contribution in [1.82, 2.24) is 10.3 Å². The molecule has 2 aromatic rings. The molecule has 0 aliphatic carbocycles. The molecule has 0 aromatic carbocycles. The number of nitrogens with zero attached hydrogens (tertiary/aromatic N) is 1. The van der Waals surface area contributed by atoms with Gasteiger partial charge in [-0.15, -0.1) is 0 Å². The molecule has 20 heavy (non-hydrogen) atoms. The summed E-state index contributed by atoms with van der Waals surface area (Å²) in [6.07, 6.45) is 2.59. The number of carboxylic acids is 1. The Balaban J connectivity index is 1.98. The molecule has 7 heteroatoms. The first kappa shape index (κ1) is 13.6. The van der Waals surface area contributed by atoms with Crippen LogP contribution in [0.5, 0.6) is 5.88 Å². The molecule has 2 heterocycles. The Morgan fingerprint density at radius 3 is 2.90 bits per heavy atom. The first-order valence-electron chi connectivity index (χ1n) is 5.69. The lowest BCUT2D eigenvalue weighted by molar-refractivity contribution is 0.0696. The third-order valence-corrected chi connectivity index (χ3v) is 2.53. The molecule has 0 saturated heterocycles. The van der Waals surface area contributed by atoms with Crippen molar-refractivity contribution in [2.45, 2.75) is 6.54 Å². The van der Waals surface area contributed by atoms with Crippen molar-refractivity contribution in [3.63, 3.8) is 0 Å². The largest absolute Gasteiger partial charge is 0.481 e. The second kappa shape index (κ2) is 5.87. The number of furan rings is 1. The summed E-state index contributed by atoms with van der Waals surface area (Å²) in [4.78, 5) is 26.4. The number of pyridine rings is 1. The van der Waals surface area contributed by atoms with Crippen LogP contribution in [0.4, 0.5) is 0 Å². The molecule has 1 amide bonds. The molecular weight excluding hydrogens is 264 g/mol. The first-order valence-corrected chi connectivity index (χ1v) is 5.69. The second-order valence-corrected chi connectivity index (χ2v) is 3.89. The maximum absolute atomic E-state index is 11.8. The van der Waals surface area contributed by atoms with E-state index in [-0.39, 0.29) is 17.9 Å². The summed E-state index contributed by atoms with van der Waals surface area (Å²) in [6.45, 7) is 0.251. The van der Waals surface area contributed by atoms with Crippen molar-refractivity contribution in [2.75, 3.05) is 7.11 Å². The quantitative estimate of drug-likeness (QED) is 0.853. The van der Waals surface area contributed by atoms with E-state index in [4.69, 9.17) is 14.3 Å². The summed E-state index contributed by atoms with van der Waals surface area (Å²) in [5.74, 6) is -1.24. The maximum atomic E-state index is 11.8. The van der Waals surface area contributed by atoms with Gasteiger partial charge in [0.05, 0.1) is 12.7 Å². The van der Waals surface area contributed by atoms with Crippen LogP contribution in [0.15, 0.2) is 35.1 Å². The molecule has 0 saturated carbocycles. The van der Waals surface area contributed by atoms with Crippen molar-refractivity contribution >= 4 is 11.9 Å². The zero-order valence-corrected chi connectivity index (χ0v) is 10.6. The van der Waals surface area contributed by atoms with Crippen LogP contribution in [0.2, 0.25) is 0 Å². The van der Waals surface area contributed by atoms with E-state index in [9.17, 15) is 9.59 Å². The Kier molecular flexibility index (Phi) is 3.99. The number of carboxylic acid groups (broad SMARTS) is 1. The van der Waals surface area contributed by atoms with E-state index in [1.54, 1.807) is 18.3 Å². The van der Waals surface area contributed by atoms with Crippen LogP contribution in [0.1, 0.15) is 26.5 Å². The van der Waals surface area contributed by atoms with E-state index in [1.165, 1.54) is 13.2 Å². The van der Waals surface area contributed by atoms with Gasteiger partial charge in [-0.1, -0.05) is 0 Å². The lowest BCUT2D eigenvalue weighted by atomic mass is 10.2. The molecule has 0 spiro atoms. The zero-order chi connectivity index (χ0) is 14.5. The van der Waals surface area contributed by atoms with Crippen molar-refractivity contribution in [2.24, 2.45) is 0 Å². The van der Waals surface area contributed by atoms with E-state index >= 15 is 0 Å². The maximum Gasteiger partial charge on any atom is 0.338 e. The molecule has 2 rings (SSSR count). The van der Waals surface area contributed by atoms with Crippen LogP contribution in [0.3, 0.4) is 0 Å². The van der Waals surface area contributed by atoms with Crippen LogP contribution in [-0.2, 0) is 6.54 Å². The average Bonchev–Trinajstić information content (AvgIpc) is 2.95. The van der Waals surface area contributed by atoms with Gasteiger partial charge in [-0.2, -0.15) is 0 Å². The lowest BCUT2D eigenvalue weighted by Gasteiger charge is -2.04. The topological polar surface area (TPSA) is 102 Å². The van der Waals surface area contributed by atoms with Crippen molar-refractivity contribution in [1.29, 1.82) is 0 Å². The summed E-state index contributed by atoms with van der Waals surface area (Å²) in [6, 6.07) is 4.59. The third kappa shape index (κ3) is 3.14. The van der Waals surface area contributed by atoms with Crippen molar-refractivity contribution in [3.05, 3.63) is 47.5 Å². The average molecular weight is 276 g/mol. The first-order chi connectivity index (χ1) is 9.60. The number of hydrogen-bond acceptors (Lipinski definition) is 5. The molecule has 2 aromatic heterocycles. The molecule has 0 aliphatic heterocycles. The fraction of sp³-hybridized carbons (Fsp3) is 0.154. The fourth-order valence-electron chi connectivity index (χ4n) is 1.51. The summed E-state index contributed by atoms with van der Waals surface area (Å²) in [5, 5.41) is 11.3. The number of aromatic nitrogens is 1. The Morgan fingerprint density at radius 2 is 2.25 bits per heavy atom. The summed E-state index contributed by atoms with van der Waals surface area (Å²) in [5.41, 5.74) is 0.732. The summed E-state index contributed by atoms with van der Waals surface area (Å²) in [7, 11) is 1.50. The SMILES string of the molecule is COc1cc(CNC(=O)c2cc(C(=O)O)co2)ccn1. The highest BCUT2D eigenvalue weighted by Crippen LogP contribution is 2.10. The highest BCUT2D eigenvalue weighted by molar-refractivity contribution is 5.95. The third-order valence-electron chi connectivity index (χ3n) is 2.53. The number of nitrogens with one attached hydrogen (secondary N) is 1. The normalized spacial score (nSPS) is 10.1. The smallest absolute Gasteiger partial charge is 0.338 e. The van der Waals surface area contributed by atoms with Crippen LogP contribution in [0, 0.1) is 0 Å². The molecule has 0 bridgehead atoms. The van der Waals surface area contributed by atoms with E-state index in [1.807, 2.05) is 0 Å². The molecular formula is C13H12N2O5. The zero-order valence-electron chi connectivity index (χ0n) is 10.6. The monoisotopic (exact) mass is 276 g/mol. The Labute approximate surface area is 114 Å². The number of ether oxygens (including phenoxy) is 1. The summed E-state index contributed by atoms with van der Waals surface area (Å²) < 4.78 is 9.86. The second-order valence-electron chi connectivity index (χ2n) is 3.89.